The minimum absolute atomic E-state index is 0.354. The average Bonchev–Trinajstić information content (AvgIpc) is 3.11. The van der Waals surface area contributed by atoms with Gasteiger partial charge in [-0.2, -0.15) is 0 Å². The Morgan fingerprint density at radius 3 is 2.64 bits per heavy atom. The van der Waals surface area contributed by atoms with Gasteiger partial charge in [0.05, 0.1) is 13.9 Å². The van der Waals surface area contributed by atoms with Crippen LogP contribution in [0.5, 0.6) is 5.75 Å². The first kappa shape index (κ1) is 26.0. The van der Waals surface area contributed by atoms with E-state index in [1.807, 2.05) is 50.4 Å². The SMILES string of the molecule is CCCN(CCSc1ccc(OCC(=O)O)c(C)c1)[SH](C)(=O)c1sc2c(Cl)cccc2c1C. The Morgan fingerprint density at radius 2 is 2.00 bits per heavy atom. The van der Waals surface area contributed by atoms with Crippen molar-refractivity contribution in [1.29, 1.82) is 0 Å². The van der Waals surface area contributed by atoms with Gasteiger partial charge in [-0.3, -0.25) is 4.21 Å². The summed E-state index contributed by atoms with van der Waals surface area (Å²) in [6, 6.07) is 11.6. The Kier molecular flexibility index (Phi) is 8.86. The molecule has 33 heavy (non-hydrogen) atoms. The standard InChI is InChI=1S/C24H30ClNO4S3/c1-5-11-26(12-13-31-18-9-10-21(16(2)14-18)30-15-22(27)28)33(4,29)24-17(3)19-7-6-8-20(25)23(19)32-24/h6-10,14,33H,5,11-13,15H2,1-4H3,(H,27,28). The van der Waals surface area contributed by atoms with Crippen LogP contribution in [0.25, 0.3) is 10.1 Å². The molecule has 0 bridgehead atoms. The monoisotopic (exact) mass is 527 g/mol. The van der Waals surface area contributed by atoms with Crippen molar-refractivity contribution in [2.24, 2.45) is 0 Å². The lowest BCUT2D eigenvalue weighted by Crippen LogP contribution is -2.38. The van der Waals surface area contributed by atoms with E-state index in [0.29, 0.717) is 17.3 Å². The van der Waals surface area contributed by atoms with E-state index in [2.05, 4.69) is 11.2 Å². The van der Waals surface area contributed by atoms with Crippen LogP contribution in [0.3, 0.4) is 0 Å². The number of benzene rings is 2. The quantitative estimate of drug-likeness (QED) is 0.234. The molecule has 0 spiro atoms. The second-order valence-electron chi connectivity index (χ2n) is 7.94. The van der Waals surface area contributed by atoms with Crippen LogP contribution in [-0.2, 0) is 14.9 Å². The van der Waals surface area contributed by atoms with E-state index in [0.717, 1.165) is 49.0 Å². The summed E-state index contributed by atoms with van der Waals surface area (Å²) in [4.78, 5) is 11.8. The van der Waals surface area contributed by atoms with Crippen molar-refractivity contribution in [2.45, 2.75) is 36.3 Å². The van der Waals surface area contributed by atoms with Crippen LogP contribution >= 0.6 is 34.7 Å². The van der Waals surface area contributed by atoms with Gasteiger partial charge in [0.1, 0.15) is 5.75 Å². The summed E-state index contributed by atoms with van der Waals surface area (Å²) in [6.45, 7) is 7.15. The molecule has 2 aromatic carbocycles. The third kappa shape index (κ3) is 6.11. The van der Waals surface area contributed by atoms with E-state index in [4.69, 9.17) is 21.4 Å². The number of hydrogen-bond acceptors (Lipinski definition) is 5. The molecule has 0 saturated heterocycles. The number of hydrogen-bond donors (Lipinski definition) is 2. The smallest absolute Gasteiger partial charge is 0.341 e. The first-order chi connectivity index (χ1) is 15.6. The van der Waals surface area contributed by atoms with Gasteiger partial charge in [0.25, 0.3) is 0 Å². The predicted molar refractivity (Wildman–Crippen MR) is 142 cm³/mol. The number of fused-ring (bicyclic) bond motifs is 1. The Labute approximate surface area is 209 Å². The summed E-state index contributed by atoms with van der Waals surface area (Å²) in [7, 11) is -2.75. The highest BCUT2D eigenvalue weighted by molar-refractivity contribution is 8.02. The Balaban J connectivity index is 1.73. The molecule has 0 fully saturated rings. The number of halogens is 1. The molecule has 1 aromatic heterocycles. The molecule has 1 heterocycles. The molecule has 1 N–H and O–H groups in total. The van der Waals surface area contributed by atoms with E-state index in [-0.39, 0.29) is 6.61 Å². The van der Waals surface area contributed by atoms with Crippen LogP contribution in [0.2, 0.25) is 5.02 Å². The van der Waals surface area contributed by atoms with Crippen molar-refractivity contribution in [1.82, 2.24) is 4.31 Å². The largest absolute Gasteiger partial charge is 0.482 e. The van der Waals surface area contributed by atoms with E-state index >= 15 is 0 Å². The van der Waals surface area contributed by atoms with Crippen LogP contribution in [0.4, 0.5) is 0 Å². The molecule has 0 aliphatic heterocycles. The number of ether oxygens (including phenoxy) is 1. The number of carbonyl (C=O) groups is 1. The van der Waals surface area contributed by atoms with Gasteiger partial charge >= 0.3 is 5.97 Å². The maximum Gasteiger partial charge on any atom is 0.341 e. The van der Waals surface area contributed by atoms with Crippen LogP contribution in [-0.4, -0.2) is 51.3 Å². The molecule has 5 nitrogen and oxygen atoms in total. The lowest BCUT2D eigenvalue weighted by Gasteiger charge is -2.33. The van der Waals surface area contributed by atoms with E-state index in [9.17, 15) is 9.00 Å². The van der Waals surface area contributed by atoms with Crippen LogP contribution < -0.4 is 4.74 Å². The molecular weight excluding hydrogens is 498 g/mol. The number of aryl methyl sites for hydroxylation is 2. The number of thiol groups is 1. The van der Waals surface area contributed by atoms with Crippen LogP contribution in [0, 0.1) is 13.8 Å². The van der Waals surface area contributed by atoms with Crippen molar-refractivity contribution in [3.8, 4) is 5.75 Å². The van der Waals surface area contributed by atoms with Crippen molar-refractivity contribution >= 4 is 60.9 Å². The van der Waals surface area contributed by atoms with Crippen molar-refractivity contribution < 1.29 is 18.8 Å². The fourth-order valence-corrected chi connectivity index (χ4v) is 9.47. The van der Waals surface area contributed by atoms with Gasteiger partial charge < -0.3 is 9.84 Å². The zero-order valence-electron chi connectivity index (χ0n) is 19.3. The number of rotatable bonds is 11. The highest BCUT2D eigenvalue weighted by atomic mass is 35.5. The second kappa shape index (κ2) is 11.2. The number of carboxylic acid groups (broad SMARTS) is 1. The first-order valence-corrected chi connectivity index (χ1v) is 15.0. The van der Waals surface area contributed by atoms with Crippen LogP contribution in [0.1, 0.15) is 24.5 Å². The summed E-state index contributed by atoms with van der Waals surface area (Å²) in [5.74, 6) is 0.368. The van der Waals surface area contributed by atoms with Gasteiger partial charge in [0.2, 0.25) is 0 Å². The molecular formula is C24H30ClNO4S3. The minimum Gasteiger partial charge on any atom is -0.482 e. The van der Waals surface area contributed by atoms with Gasteiger partial charge in [-0.25, -0.2) is 9.10 Å². The molecule has 0 aliphatic rings. The molecule has 3 aromatic rings. The molecule has 180 valence electrons. The number of carboxylic acids is 1. The highest BCUT2D eigenvalue weighted by Gasteiger charge is 2.26. The molecule has 0 amide bonds. The molecule has 0 saturated carbocycles. The first-order valence-electron chi connectivity index (χ1n) is 10.7. The van der Waals surface area contributed by atoms with Crippen molar-refractivity contribution in [3.05, 3.63) is 52.5 Å². The summed E-state index contributed by atoms with van der Waals surface area (Å²) >= 11 is 9.65. The summed E-state index contributed by atoms with van der Waals surface area (Å²) in [5, 5.41) is 10.6. The van der Waals surface area contributed by atoms with Gasteiger partial charge in [0, 0.05) is 30.0 Å². The van der Waals surface area contributed by atoms with Crippen LogP contribution in [0.15, 0.2) is 45.5 Å². The summed E-state index contributed by atoms with van der Waals surface area (Å²) in [5.41, 5.74) is 1.95. The third-order valence-corrected chi connectivity index (χ3v) is 11.8. The zero-order valence-corrected chi connectivity index (χ0v) is 22.5. The maximum absolute atomic E-state index is 14.1. The molecule has 0 aliphatic carbocycles. The lowest BCUT2D eigenvalue weighted by atomic mass is 10.2. The zero-order chi connectivity index (χ0) is 24.2. The maximum atomic E-state index is 14.1. The molecule has 9 heteroatoms. The molecule has 3 rings (SSSR count). The summed E-state index contributed by atoms with van der Waals surface area (Å²) < 4.78 is 23.5. The van der Waals surface area contributed by atoms with Crippen molar-refractivity contribution in [3.63, 3.8) is 0 Å². The second-order valence-corrected chi connectivity index (χ2v) is 13.6. The minimum atomic E-state index is -2.75. The summed E-state index contributed by atoms with van der Waals surface area (Å²) in [6.07, 6.45) is 2.79. The third-order valence-electron chi connectivity index (χ3n) is 5.40. The van der Waals surface area contributed by atoms with E-state index in [1.165, 1.54) is 0 Å². The average molecular weight is 528 g/mol. The van der Waals surface area contributed by atoms with E-state index < -0.39 is 16.1 Å². The number of thioether (sulfide) groups is 1. The Bertz CT molecular complexity index is 1190. The Morgan fingerprint density at radius 1 is 1.24 bits per heavy atom. The molecule has 0 atom stereocenters. The van der Waals surface area contributed by atoms with Gasteiger partial charge in [-0.1, -0.05) is 30.7 Å². The van der Waals surface area contributed by atoms with E-state index in [1.54, 1.807) is 29.2 Å². The normalized spacial score (nSPS) is 12.4. The number of nitrogens with zero attached hydrogens (tertiary/aromatic N) is 1. The molecule has 0 unspecified atom stereocenters. The topological polar surface area (TPSA) is 66.8 Å². The number of thiophene rings is 1. The molecule has 0 radical (unpaired) electrons. The Hall–Kier alpha value is -1.58. The predicted octanol–water partition coefficient (Wildman–Crippen LogP) is 6.06. The lowest BCUT2D eigenvalue weighted by molar-refractivity contribution is -0.139. The fourth-order valence-electron chi connectivity index (χ4n) is 3.75. The van der Waals surface area contributed by atoms with Crippen molar-refractivity contribution in [2.75, 3.05) is 31.7 Å². The number of aliphatic carboxylic acids is 1. The fraction of sp³-hybridized carbons (Fsp3) is 0.375. The highest BCUT2D eigenvalue weighted by Crippen LogP contribution is 2.41. The van der Waals surface area contributed by atoms with Gasteiger partial charge in [-0.05, 0) is 71.2 Å². The van der Waals surface area contributed by atoms with Gasteiger partial charge in [0.15, 0.2) is 6.61 Å². The van der Waals surface area contributed by atoms with Gasteiger partial charge in [-0.15, -0.1) is 23.1 Å².